The molecular weight excluding hydrogens is 472 g/mol. The molecule has 1 aromatic rings. The Morgan fingerprint density at radius 1 is 1.18 bits per heavy atom. The maximum absolute atomic E-state index is 12.1. The van der Waals surface area contributed by atoms with E-state index in [2.05, 4.69) is 85.9 Å². The molecule has 1 saturated carbocycles. The highest BCUT2D eigenvalue weighted by molar-refractivity contribution is 6.03. The average molecular weight is 523 g/mol. The molecule has 0 radical (unpaired) electrons. The summed E-state index contributed by atoms with van der Waals surface area (Å²) in [7, 11) is 4.14. The van der Waals surface area contributed by atoms with Gasteiger partial charge in [0.2, 0.25) is 0 Å². The van der Waals surface area contributed by atoms with Gasteiger partial charge in [-0.05, 0) is 68.2 Å². The van der Waals surface area contributed by atoms with Crippen LogP contribution in [0.25, 0.3) is 0 Å². The first-order chi connectivity index (χ1) is 18.2. The SMILES string of the molecule is C=C(N=C/C(C=O)=C(\C(C)CC)N(C)CCN(C)c1cccc(N/C=C(\N)CNCC2CC2)c1)C(C)CC. The summed E-state index contributed by atoms with van der Waals surface area (Å²) in [6, 6.07) is 8.31. The van der Waals surface area contributed by atoms with Gasteiger partial charge in [0.25, 0.3) is 0 Å². The molecular formula is C31H50N6O. The van der Waals surface area contributed by atoms with E-state index >= 15 is 0 Å². The third kappa shape index (κ3) is 10.4. The van der Waals surface area contributed by atoms with Crippen LogP contribution in [0.5, 0.6) is 0 Å². The van der Waals surface area contributed by atoms with Crippen molar-refractivity contribution in [2.75, 3.05) is 50.5 Å². The lowest BCUT2D eigenvalue weighted by molar-refractivity contribution is -0.104. The molecule has 0 bridgehead atoms. The molecule has 0 amide bonds. The molecule has 2 unspecified atom stereocenters. The van der Waals surface area contributed by atoms with Crippen LogP contribution in [0.3, 0.4) is 0 Å². The van der Waals surface area contributed by atoms with E-state index < -0.39 is 0 Å². The van der Waals surface area contributed by atoms with Crippen LogP contribution in [0, 0.1) is 17.8 Å². The Morgan fingerprint density at radius 3 is 2.53 bits per heavy atom. The molecule has 210 valence electrons. The molecule has 1 aromatic carbocycles. The Bertz CT molecular complexity index is 994. The topological polar surface area (TPSA) is 86.0 Å². The van der Waals surface area contributed by atoms with Gasteiger partial charge in [-0.15, -0.1) is 0 Å². The number of hydrogen-bond acceptors (Lipinski definition) is 7. The minimum atomic E-state index is 0.234. The van der Waals surface area contributed by atoms with E-state index in [0.29, 0.717) is 18.0 Å². The molecule has 2 rings (SSSR count). The molecule has 1 aliphatic carbocycles. The number of aldehydes is 1. The molecule has 0 aliphatic heterocycles. The molecule has 0 spiro atoms. The van der Waals surface area contributed by atoms with Crippen LogP contribution in [-0.2, 0) is 4.79 Å². The number of rotatable bonds is 18. The highest BCUT2D eigenvalue weighted by Gasteiger charge is 2.20. The first-order valence-electron chi connectivity index (χ1n) is 14.1. The third-order valence-electron chi connectivity index (χ3n) is 7.40. The lowest BCUT2D eigenvalue weighted by Crippen LogP contribution is -2.33. The second-order valence-electron chi connectivity index (χ2n) is 10.7. The van der Waals surface area contributed by atoms with E-state index in [1.54, 1.807) is 6.21 Å². The number of benzene rings is 1. The number of nitrogens with one attached hydrogen (secondary N) is 2. The van der Waals surface area contributed by atoms with Gasteiger partial charge >= 0.3 is 0 Å². The van der Waals surface area contributed by atoms with Gasteiger partial charge < -0.3 is 26.2 Å². The van der Waals surface area contributed by atoms with Gasteiger partial charge in [0.1, 0.15) is 0 Å². The van der Waals surface area contributed by atoms with Crippen LogP contribution in [0.1, 0.15) is 53.4 Å². The lowest BCUT2D eigenvalue weighted by atomic mass is 9.99. The molecule has 7 nitrogen and oxygen atoms in total. The summed E-state index contributed by atoms with van der Waals surface area (Å²) in [4.78, 5) is 21.0. The van der Waals surface area contributed by atoms with Gasteiger partial charge in [-0.25, -0.2) is 0 Å². The average Bonchev–Trinajstić information content (AvgIpc) is 3.76. The van der Waals surface area contributed by atoms with Crippen molar-refractivity contribution in [2.45, 2.75) is 53.4 Å². The van der Waals surface area contributed by atoms with E-state index in [4.69, 9.17) is 5.73 Å². The van der Waals surface area contributed by atoms with Gasteiger partial charge in [-0.3, -0.25) is 9.79 Å². The molecule has 4 N–H and O–H groups in total. The number of nitrogens with zero attached hydrogens (tertiary/aromatic N) is 3. The summed E-state index contributed by atoms with van der Waals surface area (Å²) >= 11 is 0. The number of hydrogen-bond donors (Lipinski definition) is 3. The number of carbonyl (C=O) groups excluding carboxylic acids is 1. The fourth-order valence-corrected chi connectivity index (χ4v) is 4.10. The fraction of sp³-hybridized carbons (Fsp3) is 0.548. The minimum Gasteiger partial charge on any atom is -0.400 e. The van der Waals surface area contributed by atoms with Crippen molar-refractivity contribution < 1.29 is 4.79 Å². The van der Waals surface area contributed by atoms with E-state index in [9.17, 15) is 4.79 Å². The Morgan fingerprint density at radius 2 is 1.89 bits per heavy atom. The zero-order valence-electron chi connectivity index (χ0n) is 24.5. The Balaban J connectivity index is 2.03. The largest absolute Gasteiger partial charge is 0.400 e. The summed E-state index contributed by atoms with van der Waals surface area (Å²) in [5.41, 5.74) is 11.5. The summed E-state index contributed by atoms with van der Waals surface area (Å²) in [5.74, 6) is 1.36. The number of aliphatic imine (C=N–C) groups is 1. The van der Waals surface area contributed by atoms with Crippen molar-refractivity contribution in [1.82, 2.24) is 10.2 Å². The Labute approximate surface area is 230 Å². The minimum absolute atomic E-state index is 0.234. The van der Waals surface area contributed by atoms with Gasteiger partial charge in [0.15, 0.2) is 6.29 Å². The van der Waals surface area contributed by atoms with E-state index in [1.165, 1.54) is 12.8 Å². The standard InChI is InChI=1S/C31H50N6O/c1-8-23(3)25(5)34-19-27(22-38)31(24(4)9-2)37(7)16-15-36(6)30-12-10-11-29(17-30)35-21-28(32)20-33-18-26-13-14-26/h10-12,17,19,21-24,26,33,35H,5,8-9,13-16,18,20,32H2,1-4,6-7H3/b28-21-,31-27-,34-19?. The predicted octanol–water partition coefficient (Wildman–Crippen LogP) is 5.40. The smallest absolute Gasteiger partial charge is 0.153 e. The molecule has 7 heteroatoms. The van der Waals surface area contributed by atoms with Crippen molar-refractivity contribution in [1.29, 1.82) is 0 Å². The predicted molar refractivity (Wildman–Crippen MR) is 163 cm³/mol. The van der Waals surface area contributed by atoms with E-state index in [0.717, 1.165) is 73.1 Å². The van der Waals surface area contributed by atoms with Crippen LogP contribution < -0.4 is 21.3 Å². The quantitative estimate of drug-likeness (QED) is 0.136. The first kappa shape index (κ1) is 31.2. The van der Waals surface area contributed by atoms with Gasteiger partial charge in [0.05, 0.1) is 5.57 Å². The number of anilines is 2. The second kappa shape index (κ2) is 16.0. The van der Waals surface area contributed by atoms with Crippen molar-refractivity contribution in [2.24, 2.45) is 28.5 Å². The fourth-order valence-electron chi connectivity index (χ4n) is 4.10. The number of carbonyl (C=O) groups is 1. The molecule has 1 aliphatic rings. The molecule has 0 saturated heterocycles. The number of allylic oxidation sites excluding steroid dienone is 3. The number of nitrogens with two attached hydrogens (primary N) is 1. The van der Waals surface area contributed by atoms with Crippen LogP contribution in [-0.4, -0.2) is 57.7 Å². The molecule has 1 fully saturated rings. The van der Waals surface area contributed by atoms with Crippen molar-refractivity contribution >= 4 is 23.9 Å². The van der Waals surface area contributed by atoms with Crippen LogP contribution >= 0.6 is 0 Å². The van der Waals surface area contributed by atoms with Crippen LogP contribution in [0.2, 0.25) is 0 Å². The second-order valence-corrected chi connectivity index (χ2v) is 10.7. The van der Waals surface area contributed by atoms with Gasteiger partial charge in [0, 0.05) is 74.6 Å². The highest BCUT2D eigenvalue weighted by atomic mass is 16.1. The molecule has 0 heterocycles. The third-order valence-corrected chi connectivity index (χ3v) is 7.40. The van der Waals surface area contributed by atoms with E-state index in [1.807, 2.05) is 18.3 Å². The molecule has 38 heavy (non-hydrogen) atoms. The monoisotopic (exact) mass is 522 g/mol. The summed E-state index contributed by atoms with van der Waals surface area (Å²) in [5, 5.41) is 6.73. The molecule has 2 atom stereocenters. The normalized spacial score (nSPS) is 16.1. The lowest BCUT2D eigenvalue weighted by Gasteiger charge is -2.30. The van der Waals surface area contributed by atoms with Crippen molar-refractivity contribution in [3.05, 3.63) is 59.7 Å². The van der Waals surface area contributed by atoms with Crippen LogP contribution in [0.15, 0.2) is 64.7 Å². The highest BCUT2D eigenvalue weighted by Crippen LogP contribution is 2.27. The van der Waals surface area contributed by atoms with Gasteiger partial charge in [-0.1, -0.05) is 40.3 Å². The van der Waals surface area contributed by atoms with E-state index in [-0.39, 0.29) is 5.92 Å². The zero-order chi connectivity index (χ0) is 28.1. The van der Waals surface area contributed by atoms with Crippen molar-refractivity contribution in [3.63, 3.8) is 0 Å². The Hall–Kier alpha value is -3.06. The Kier molecular flexibility index (Phi) is 13.1. The maximum atomic E-state index is 12.1. The zero-order valence-corrected chi connectivity index (χ0v) is 24.5. The first-order valence-corrected chi connectivity index (χ1v) is 14.1. The summed E-state index contributed by atoms with van der Waals surface area (Å²) < 4.78 is 0. The number of likely N-dealkylation sites (N-methyl/N-ethyl adjacent to an activating group) is 2. The van der Waals surface area contributed by atoms with Crippen molar-refractivity contribution in [3.8, 4) is 0 Å². The van der Waals surface area contributed by atoms with Crippen LogP contribution in [0.4, 0.5) is 11.4 Å². The summed E-state index contributed by atoms with van der Waals surface area (Å²) in [6.07, 6.45) is 9.06. The van der Waals surface area contributed by atoms with Gasteiger partial charge in [-0.2, -0.15) is 0 Å². The molecule has 0 aromatic heterocycles. The maximum Gasteiger partial charge on any atom is 0.153 e. The summed E-state index contributed by atoms with van der Waals surface area (Å²) in [6.45, 7) is 15.9.